The molecule has 17 heavy (non-hydrogen) atoms. The number of hydrogen-bond acceptors (Lipinski definition) is 3. The molecule has 0 atom stereocenters. The van der Waals surface area contributed by atoms with E-state index in [1.165, 1.54) is 12.1 Å². The Hall–Kier alpha value is -1.78. The molecule has 1 aromatic rings. The molecule has 0 heterocycles. The van der Waals surface area contributed by atoms with Gasteiger partial charge in [-0.25, -0.2) is 4.39 Å². The van der Waals surface area contributed by atoms with Gasteiger partial charge in [0.15, 0.2) is 0 Å². The molecule has 0 saturated carbocycles. The summed E-state index contributed by atoms with van der Waals surface area (Å²) in [4.78, 5) is 11.3. The fourth-order valence-corrected chi connectivity index (χ4v) is 1.43. The van der Waals surface area contributed by atoms with Crippen molar-refractivity contribution in [3.8, 4) is 0 Å². The van der Waals surface area contributed by atoms with Crippen molar-refractivity contribution in [2.45, 2.75) is 26.3 Å². The Labute approximate surface area is 100 Å². The van der Waals surface area contributed by atoms with Crippen molar-refractivity contribution >= 4 is 17.3 Å². The van der Waals surface area contributed by atoms with Crippen LogP contribution in [-0.2, 0) is 4.79 Å². The molecule has 0 radical (unpaired) electrons. The number of rotatable bonds is 5. The molecular weight excluding hydrogens is 221 g/mol. The van der Waals surface area contributed by atoms with Crippen LogP contribution in [-0.4, -0.2) is 18.5 Å². The van der Waals surface area contributed by atoms with Gasteiger partial charge in [-0.05, 0) is 32.0 Å². The van der Waals surface area contributed by atoms with E-state index in [0.717, 1.165) is 0 Å². The highest BCUT2D eigenvalue weighted by Gasteiger charge is 2.03. The van der Waals surface area contributed by atoms with Crippen molar-refractivity contribution in [3.63, 3.8) is 0 Å². The molecule has 0 spiro atoms. The zero-order valence-electron chi connectivity index (χ0n) is 10.1. The third-order valence-electron chi connectivity index (χ3n) is 2.05. The van der Waals surface area contributed by atoms with Crippen molar-refractivity contribution in [1.29, 1.82) is 0 Å². The number of anilines is 2. The quantitative estimate of drug-likeness (QED) is 0.685. The molecule has 94 valence electrons. The van der Waals surface area contributed by atoms with E-state index in [-0.39, 0.29) is 17.8 Å². The lowest BCUT2D eigenvalue weighted by atomic mass is 10.2. The number of nitrogen functional groups attached to an aromatic ring is 1. The lowest BCUT2D eigenvalue weighted by Crippen LogP contribution is -2.31. The molecule has 5 heteroatoms. The van der Waals surface area contributed by atoms with Crippen LogP contribution in [0.2, 0.25) is 0 Å². The van der Waals surface area contributed by atoms with Crippen molar-refractivity contribution in [2.75, 3.05) is 17.6 Å². The first-order chi connectivity index (χ1) is 7.97. The second kappa shape index (κ2) is 6.08. The van der Waals surface area contributed by atoms with E-state index >= 15 is 0 Å². The topological polar surface area (TPSA) is 67.2 Å². The monoisotopic (exact) mass is 239 g/mol. The number of benzene rings is 1. The minimum Gasteiger partial charge on any atom is -0.399 e. The molecule has 0 saturated heterocycles. The number of halogens is 1. The van der Waals surface area contributed by atoms with Gasteiger partial charge in [0.1, 0.15) is 5.82 Å². The summed E-state index contributed by atoms with van der Waals surface area (Å²) in [6.45, 7) is 4.25. The number of carbonyl (C=O) groups is 1. The van der Waals surface area contributed by atoms with Crippen LogP contribution in [0.1, 0.15) is 20.3 Å². The molecule has 0 aliphatic heterocycles. The first kappa shape index (κ1) is 13.3. The highest BCUT2D eigenvalue weighted by molar-refractivity contribution is 5.76. The predicted octanol–water partition coefficient (Wildman–Crippen LogP) is 1.73. The molecule has 4 N–H and O–H groups in total. The maximum Gasteiger partial charge on any atom is 0.221 e. The average molecular weight is 239 g/mol. The first-order valence-corrected chi connectivity index (χ1v) is 5.56. The fourth-order valence-electron chi connectivity index (χ4n) is 1.43. The Bertz CT molecular complexity index is 373. The summed E-state index contributed by atoms with van der Waals surface area (Å²) in [5.74, 6) is -0.420. The van der Waals surface area contributed by atoms with Gasteiger partial charge >= 0.3 is 0 Å². The Kier molecular flexibility index (Phi) is 4.75. The Balaban J connectivity index is 2.38. The van der Waals surface area contributed by atoms with Crippen LogP contribution in [0.4, 0.5) is 15.8 Å². The van der Waals surface area contributed by atoms with E-state index in [1.807, 2.05) is 13.8 Å². The van der Waals surface area contributed by atoms with E-state index < -0.39 is 0 Å². The summed E-state index contributed by atoms with van der Waals surface area (Å²) in [7, 11) is 0. The number of carbonyl (C=O) groups excluding carboxylic acids is 1. The van der Waals surface area contributed by atoms with Gasteiger partial charge in [0.25, 0.3) is 0 Å². The number of hydrogen-bond donors (Lipinski definition) is 3. The minimum atomic E-state index is -0.390. The van der Waals surface area contributed by atoms with Gasteiger partial charge in [-0.15, -0.1) is 0 Å². The van der Waals surface area contributed by atoms with Crippen LogP contribution >= 0.6 is 0 Å². The first-order valence-electron chi connectivity index (χ1n) is 5.56. The maximum atomic E-state index is 13.0. The third kappa shape index (κ3) is 5.19. The highest BCUT2D eigenvalue weighted by Crippen LogP contribution is 2.15. The van der Waals surface area contributed by atoms with Crippen LogP contribution in [0.15, 0.2) is 18.2 Å². The lowest BCUT2D eigenvalue weighted by molar-refractivity contribution is -0.121. The van der Waals surface area contributed by atoms with Gasteiger partial charge in [0, 0.05) is 30.4 Å². The molecule has 0 aliphatic rings. The zero-order chi connectivity index (χ0) is 12.8. The standard InChI is InChI=1S/C12H18FN3O/c1-8(2)16-12(17)3-4-15-11-6-9(13)5-10(14)7-11/h5-8,15H,3-4,14H2,1-2H3,(H,16,17). The van der Waals surface area contributed by atoms with Crippen LogP contribution in [0, 0.1) is 5.82 Å². The van der Waals surface area contributed by atoms with Crippen molar-refractivity contribution in [2.24, 2.45) is 0 Å². The van der Waals surface area contributed by atoms with Gasteiger partial charge in [0.05, 0.1) is 0 Å². The minimum absolute atomic E-state index is 0.0307. The number of nitrogens with two attached hydrogens (primary N) is 1. The van der Waals surface area contributed by atoms with Crippen LogP contribution in [0.25, 0.3) is 0 Å². The largest absolute Gasteiger partial charge is 0.399 e. The average Bonchev–Trinajstić information content (AvgIpc) is 2.14. The molecule has 0 aromatic heterocycles. The molecule has 0 unspecified atom stereocenters. The molecule has 0 aliphatic carbocycles. The van der Waals surface area contributed by atoms with Gasteiger partial charge in [-0.2, -0.15) is 0 Å². The summed E-state index contributed by atoms with van der Waals surface area (Å²) in [6, 6.07) is 4.35. The van der Waals surface area contributed by atoms with Gasteiger partial charge in [0.2, 0.25) is 5.91 Å². The predicted molar refractivity (Wildman–Crippen MR) is 67.2 cm³/mol. The van der Waals surface area contributed by atoms with E-state index in [1.54, 1.807) is 6.07 Å². The number of nitrogens with one attached hydrogen (secondary N) is 2. The van der Waals surface area contributed by atoms with Gasteiger partial charge in [-0.1, -0.05) is 0 Å². The Morgan fingerprint density at radius 2 is 2.12 bits per heavy atom. The van der Waals surface area contributed by atoms with Crippen LogP contribution in [0.3, 0.4) is 0 Å². The summed E-state index contributed by atoms with van der Waals surface area (Å²) < 4.78 is 13.0. The van der Waals surface area contributed by atoms with Gasteiger partial charge < -0.3 is 16.4 Å². The molecule has 1 aromatic carbocycles. The maximum absolute atomic E-state index is 13.0. The second-order valence-electron chi connectivity index (χ2n) is 4.17. The van der Waals surface area contributed by atoms with Crippen molar-refractivity contribution < 1.29 is 9.18 Å². The molecule has 0 bridgehead atoms. The summed E-state index contributed by atoms with van der Waals surface area (Å²) in [5, 5.41) is 5.72. The number of amides is 1. The van der Waals surface area contributed by atoms with Crippen molar-refractivity contribution in [3.05, 3.63) is 24.0 Å². The molecule has 1 amide bonds. The van der Waals surface area contributed by atoms with E-state index in [2.05, 4.69) is 10.6 Å². The van der Waals surface area contributed by atoms with E-state index in [4.69, 9.17) is 5.73 Å². The van der Waals surface area contributed by atoms with Crippen LogP contribution < -0.4 is 16.4 Å². The second-order valence-corrected chi connectivity index (χ2v) is 4.17. The van der Waals surface area contributed by atoms with Gasteiger partial charge in [-0.3, -0.25) is 4.79 Å². The zero-order valence-corrected chi connectivity index (χ0v) is 10.1. The fraction of sp³-hybridized carbons (Fsp3) is 0.417. The normalized spacial score (nSPS) is 10.4. The summed E-state index contributed by atoms with van der Waals surface area (Å²) in [5.41, 5.74) is 6.44. The summed E-state index contributed by atoms with van der Waals surface area (Å²) in [6.07, 6.45) is 0.342. The molecule has 1 rings (SSSR count). The molecule has 0 fully saturated rings. The Morgan fingerprint density at radius 1 is 1.41 bits per heavy atom. The molecular formula is C12H18FN3O. The van der Waals surface area contributed by atoms with E-state index in [9.17, 15) is 9.18 Å². The highest BCUT2D eigenvalue weighted by atomic mass is 19.1. The van der Waals surface area contributed by atoms with Crippen LogP contribution in [0.5, 0.6) is 0 Å². The Morgan fingerprint density at radius 3 is 2.71 bits per heavy atom. The van der Waals surface area contributed by atoms with Crippen molar-refractivity contribution in [1.82, 2.24) is 5.32 Å². The van der Waals surface area contributed by atoms with E-state index in [0.29, 0.717) is 24.3 Å². The summed E-state index contributed by atoms with van der Waals surface area (Å²) >= 11 is 0. The smallest absolute Gasteiger partial charge is 0.221 e. The third-order valence-corrected chi connectivity index (χ3v) is 2.05. The SMILES string of the molecule is CC(C)NC(=O)CCNc1cc(N)cc(F)c1. The lowest BCUT2D eigenvalue weighted by Gasteiger charge is -2.10. The molecule has 4 nitrogen and oxygen atoms in total.